The average molecular weight is 461 g/mol. The van der Waals surface area contributed by atoms with Crippen molar-refractivity contribution in [2.24, 2.45) is 0 Å². The van der Waals surface area contributed by atoms with E-state index in [2.05, 4.69) is 15.5 Å². The van der Waals surface area contributed by atoms with Crippen LogP contribution in [-0.2, 0) is 10.0 Å². The zero-order valence-corrected chi connectivity index (χ0v) is 19.1. The zero-order valence-electron chi connectivity index (χ0n) is 18.3. The maximum atomic E-state index is 12.5. The maximum absolute atomic E-state index is 12.5. The van der Waals surface area contributed by atoms with Gasteiger partial charge in [-0.1, -0.05) is 5.10 Å². The van der Waals surface area contributed by atoms with Crippen molar-refractivity contribution >= 4 is 21.9 Å². The van der Waals surface area contributed by atoms with Crippen molar-refractivity contribution in [3.63, 3.8) is 0 Å². The summed E-state index contributed by atoms with van der Waals surface area (Å²) in [6.07, 6.45) is 0. The van der Waals surface area contributed by atoms with Crippen LogP contribution in [0.3, 0.4) is 0 Å². The summed E-state index contributed by atoms with van der Waals surface area (Å²) in [6, 6.07) is 10.4. The van der Waals surface area contributed by atoms with Crippen LogP contribution in [0.5, 0.6) is 11.5 Å². The largest absolute Gasteiger partial charge is 0.493 e. The molecule has 0 radical (unpaired) electrons. The number of nitrogens with zero attached hydrogens (tertiary/aromatic N) is 3. The van der Waals surface area contributed by atoms with E-state index in [1.54, 1.807) is 32.0 Å². The normalized spacial score (nSPS) is 11.6. The van der Waals surface area contributed by atoms with E-state index in [-0.39, 0.29) is 28.4 Å². The molecule has 3 rings (SSSR count). The lowest BCUT2D eigenvalue weighted by Crippen LogP contribution is -2.33. The van der Waals surface area contributed by atoms with Gasteiger partial charge >= 0.3 is 6.01 Å². The van der Waals surface area contributed by atoms with Crippen LogP contribution in [0.15, 0.2) is 51.8 Å². The van der Waals surface area contributed by atoms with Crippen LogP contribution >= 0.6 is 0 Å². The Morgan fingerprint density at radius 1 is 1.03 bits per heavy atom. The summed E-state index contributed by atoms with van der Waals surface area (Å²) in [6.45, 7) is 3.56. The summed E-state index contributed by atoms with van der Waals surface area (Å²) in [7, 11) is 0.913. The minimum absolute atomic E-state index is 0.0961. The van der Waals surface area contributed by atoms with Gasteiger partial charge in [0.05, 0.1) is 19.1 Å². The van der Waals surface area contributed by atoms with E-state index in [4.69, 9.17) is 13.9 Å². The fourth-order valence-electron chi connectivity index (χ4n) is 2.75. The molecular weight excluding hydrogens is 436 g/mol. The highest BCUT2D eigenvalue weighted by Crippen LogP contribution is 2.32. The third-order valence-electron chi connectivity index (χ3n) is 4.80. The van der Waals surface area contributed by atoms with Crippen LogP contribution < -0.4 is 14.8 Å². The number of hydrogen-bond acceptors (Lipinski definition) is 8. The van der Waals surface area contributed by atoms with Gasteiger partial charge in [-0.3, -0.25) is 10.1 Å². The summed E-state index contributed by atoms with van der Waals surface area (Å²) in [4.78, 5) is 12.6. The lowest BCUT2D eigenvalue weighted by Gasteiger charge is -2.20. The van der Waals surface area contributed by atoms with Crippen LogP contribution in [0, 0.1) is 0 Å². The average Bonchev–Trinajstić information content (AvgIpc) is 3.26. The van der Waals surface area contributed by atoms with E-state index in [9.17, 15) is 13.2 Å². The molecule has 1 heterocycles. The molecule has 0 atom stereocenters. The Morgan fingerprint density at radius 3 is 2.28 bits per heavy atom. The summed E-state index contributed by atoms with van der Waals surface area (Å²) in [5.74, 6) is 0.703. The molecule has 1 N–H and O–H groups in total. The first-order valence-electron chi connectivity index (χ1n) is 9.62. The first-order valence-corrected chi connectivity index (χ1v) is 11.1. The van der Waals surface area contributed by atoms with Crippen LogP contribution in [0.1, 0.15) is 24.2 Å². The highest BCUT2D eigenvalue weighted by molar-refractivity contribution is 7.89. The number of anilines is 1. The van der Waals surface area contributed by atoms with Crippen LogP contribution in [0.25, 0.3) is 11.5 Å². The molecule has 170 valence electrons. The Balaban J connectivity index is 1.74. The predicted octanol–water partition coefficient (Wildman–Crippen LogP) is 3.04. The molecule has 0 fully saturated rings. The minimum Gasteiger partial charge on any atom is -0.493 e. The second kappa shape index (κ2) is 9.37. The lowest BCUT2D eigenvalue weighted by molar-refractivity contribution is 0.102. The number of ether oxygens (including phenoxy) is 2. The molecule has 11 heteroatoms. The van der Waals surface area contributed by atoms with Crippen molar-refractivity contribution in [2.75, 3.05) is 26.6 Å². The number of methoxy groups -OCH3 is 2. The molecular formula is C21H24N4O6S. The number of rotatable bonds is 8. The third kappa shape index (κ3) is 4.73. The molecule has 0 aliphatic heterocycles. The van der Waals surface area contributed by atoms with E-state index >= 15 is 0 Å². The number of nitrogens with one attached hydrogen (secondary N) is 1. The monoisotopic (exact) mass is 460 g/mol. The number of sulfonamides is 1. The van der Waals surface area contributed by atoms with Crippen LogP contribution in [0.4, 0.5) is 6.01 Å². The van der Waals surface area contributed by atoms with Crippen molar-refractivity contribution in [3.8, 4) is 23.0 Å². The van der Waals surface area contributed by atoms with Crippen molar-refractivity contribution in [1.82, 2.24) is 14.5 Å². The SMILES string of the molecule is COc1ccc(-c2nnc(NC(=O)c3ccc(S(=O)(=O)N(C)C(C)C)cc3)o2)cc1OC. The van der Waals surface area contributed by atoms with Crippen LogP contribution in [0.2, 0.25) is 0 Å². The van der Waals surface area contributed by atoms with Gasteiger partial charge in [0.15, 0.2) is 11.5 Å². The summed E-state index contributed by atoms with van der Waals surface area (Å²) in [5, 5.41) is 10.3. The van der Waals surface area contributed by atoms with E-state index < -0.39 is 15.9 Å². The second-order valence-electron chi connectivity index (χ2n) is 7.08. The van der Waals surface area contributed by atoms with Gasteiger partial charge in [-0.25, -0.2) is 8.42 Å². The van der Waals surface area contributed by atoms with Gasteiger partial charge in [0.2, 0.25) is 15.9 Å². The first-order chi connectivity index (χ1) is 15.2. The number of carbonyl (C=O) groups is 1. The molecule has 2 aromatic carbocycles. The number of amides is 1. The quantitative estimate of drug-likeness (QED) is 0.544. The van der Waals surface area contributed by atoms with Gasteiger partial charge in [0.1, 0.15) is 0 Å². The van der Waals surface area contributed by atoms with Crippen molar-refractivity contribution < 1.29 is 27.1 Å². The number of benzene rings is 2. The summed E-state index contributed by atoms with van der Waals surface area (Å²) < 4.78 is 42.3. The smallest absolute Gasteiger partial charge is 0.322 e. The first kappa shape index (κ1) is 23.2. The molecule has 0 unspecified atom stereocenters. The van der Waals surface area contributed by atoms with Crippen molar-refractivity contribution in [1.29, 1.82) is 0 Å². The predicted molar refractivity (Wildman–Crippen MR) is 117 cm³/mol. The molecule has 1 aromatic heterocycles. The summed E-state index contributed by atoms with van der Waals surface area (Å²) >= 11 is 0. The molecule has 0 spiro atoms. The Morgan fingerprint density at radius 2 is 1.69 bits per heavy atom. The van der Waals surface area contributed by atoms with Gasteiger partial charge in [-0.2, -0.15) is 4.31 Å². The molecule has 0 saturated heterocycles. The van der Waals surface area contributed by atoms with Gasteiger partial charge in [0.25, 0.3) is 5.91 Å². The maximum Gasteiger partial charge on any atom is 0.322 e. The van der Waals surface area contributed by atoms with Crippen molar-refractivity contribution in [3.05, 3.63) is 48.0 Å². The van der Waals surface area contributed by atoms with Gasteiger partial charge in [0, 0.05) is 24.2 Å². The molecule has 0 bridgehead atoms. The fraction of sp³-hybridized carbons (Fsp3) is 0.286. The van der Waals surface area contributed by atoms with Crippen molar-refractivity contribution in [2.45, 2.75) is 24.8 Å². The molecule has 0 aliphatic rings. The summed E-state index contributed by atoms with van der Waals surface area (Å²) in [5.41, 5.74) is 0.821. The van der Waals surface area contributed by atoms with E-state index in [0.717, 1.165) is 0 Å². The van der Waals surface area contributed by atoms with E-state index in [1.807, 2.05) is 0 Å². The number of aromatic nitrogens is 2. The number of carbonyl (C=O) groups excluding carboxylic acids is 1. The highest BCUT2D eigenvalue weighted by atomic mass is 32.2. The van der Waals surface area contributed by atoms with E-state index in [1.165, 1.54) is 49.8 Å². The lowest BCUT2D eigenvalue weighted by atomic mass is 10.2. The van der Waals surface area contributed by atoms with Gasteiger partial charge < -0.3 is 13.9 Å². The molecule has 0 aliphatic carbocycles. The highest BCUT2D eigenvalue weighted by Gasteiger charge is 2.23. The Hall–Kier alpha value is -3.44. The van der Waals surface area contributed by atoms with Crippen LogP contribution in [-0.4, -0.2) is 56.1 Å². The molecule has 1 amide bonds. The topological polar surface area (TPSA) is 124 Å². The number of hydrogen-bond donors (Lipinski definition) is 1. The Bertz CT molecular complexity index is 1210. The van der Waals surface area contributed by atoms with Gasteiger partial charge in [-0.05, 0) is 56.3 Å². The molecule has 3 aromatic rings. The zero-order chi connectivity index (χ0) is 23.5. The third-order valence-corrected chi connectivity index (χ3v) is 6.84. The van der Waals surface area contributed by atoms with E-state index in [0.29, 0.717) is 17.1 Å². The molecule has 0 saturated carbocycles. The van der Waals surface area contributed by atoms with Gasteiger partial charge in [-0.15, -0.1) is 5.10 Å². The second-order valence-corrected chi connectivity index (χ2v) is 9.07. The minimum atomic E-state index is -3.64. The molecule has 32 heavy (non-hydrogen) atoms. The Kier molecular flexibility index (Phi) is 6.80. The fourth-order valence-corrected chi connectivity index (χ4v) is 4.12. The standard InChI is InChI=1S/C21H24N4O6S/c1-13(2)25(3)32(27,28)16-9-6-14(7-10-16)19(26)22-21-24-23-20(31-21)15-8-11-17(29-4)18(12-15)30-5/h6-13H,1-5H3,(H,22,24,26). The molecule has 10 nitrogen and oxygen atoms in total. The Labute approximate surface area is 186 Å².